The van der Waals surface area contributed by atoms with Gasteiger partial charge in [-0.2, -0.15) is 0 Å². The first kappa shape index (κ1) is 60.0. The second-order valence-electron chi connectivity index (χ2n) is 27.7. The lowest BCUT2D eigenvalue weighted by molar-refractivity contribution is 0.444. The first-order valence-electron chi connectivity index (χ1n) is 35.8. The maximum absolute atomic E-state index is 5.94. The first-order chi connectivity index (χ1) is 49.0. The molecule has 3 heterocycles. The predicted molar refractivity (Wildman–Crippen MR) is 417 cm³/mol. The van der Waals surface area contributed by atoms with Crippen molar-refractivity contribution in [1.82, 2.24) is 9.97 Å². The van der Waals surface area contributed by atoms with Crippen molar-refractivity contribution in [2.75, 3.05) is 9.80 Å². The minimum absolute atomic E-state index is 0.0714. The maximum Gasteiger partial charge on any atom is 0.252 e. The molecule has 4 aliphatic rings. The van der Waals surface area contributed by atoms with Crippen molar-refractivity contribution in [3.8, 4) is 101 Å². The van der Waals surface area contributed by atoms with Gasteiger partial charge in [0.15, 0.2) is 5.82 Å². The van der Waals surface area contributed by atoms with Crippen LogP contribution in [0.1, 0.15) is 87.2 Å². The highest BCUT2D eigenvalue weighted by Gasteiger charge is 2.45. The molecular formula is C94H75BN4. The SMILES string of the molecule is c1ccc(-c2ccc(N3c4ccc(C5CCCCC5)cc4B4c5cc(C6CCCCC6)ccc5N(c5ccc(-c6ccccc6)cc5)c5cc(-c6nc(-c7cc(-c8ccccc8)cc(-c8ccccc8)c7)cc(-c7cc(-c8ccccc8)cc(-c8ccccc8)c7)n6)cc3c54)cc2)cc1. The van der Waals surface area contributed by atoms with E-state index in [1.54, 1.807) is 0 Å². The zero-order chi connectivity index (χ0) is 65.6. The summed E-state index contributed by atoms with van der Waals surface area (Å²) in [6.07, 6.45) is 12.6. The zero-order valence-electron chi connectivity index (χ0n) is 55.7. The lowest BCUT2D eigenvalue weighted by Gasteiger charge is -2.45. The van der Waals surface area contributed by atoms with Crippen LogP contribution in [0.4, 0.5) is 34.1 Å². The highest BCUT2D eigenvalue weighted by Crippen LogP contribution is 2.49. The average molecular weight is 1270 g/mol. The van der Waals surface area contributed by atoms with E-state index in [0.717, 1.165) is 95.3 Å². The Bertz CT molecular complexity index is 4810. The molecule has 99 heavy (non-hydrogen) atoms. The van der Waals surface area contributed by atoms with Crippen LogP contribution in [0.2, 0.25) is 0 Å². The standard InChI is InChI=1S/C94H75BN4/c1-9-25-64(26-10-1)72-41-47-83(48-42-72)98-89-51-45-74(66-29-13-3-14-30-66)59-85(89)95-86-60-75(67-31-15-4-16-32-67)46-52-90(86)99(84-49-43-73(44-50-84)65-27-11-2-12-28-65)92-62-82(61-91(98)93(92)95)94-96-87(80-55-76(68-33-17-5-18-34-68)53-77(56-80)69-35-19-6-20-36-69)63-88(97-94)81-57-78(70-37-21-7-22-38-70)54-79(58-81)71-39-23-8-24-40-71/h1-2,5-12,17-28,33-63,66-67H,3-4,13-16,29-32H2. The Morgan fingerprint density at radius 2 is 0.545 bits per heavy atom. The van der Waals surface area contributed by atoms with Crippen LogP contribution in [0.3, 0.4) is 0 Å². The first-order valence-corrected chi connectivity index (χ1v) is 35.8. The molecule has 2 aliphatic heterocycles. The Labute approximate surface area is 582 Å². The fraction of sp³-hybridized carbons (Fsp3) is 0.128. The van der Waals surface area contributed by atoms with Gasteiger partial charge in [-0.15, -0.1) is 0 Å². The number of rotatable bonds is 13. The van der Waals surface area contributed by atoms with Gasteiger partial charge in [-0.1, -0.05) is 269 Å². The molecule has 0 bridgehead atoms. The summed E-state index contributed by atoms with van der Waals surface area (Å²) >= 11 is 0. The van der Waals surface area contributed by atoms with Gasteiger partial charge in [0.25, 0.3) is 6.71 Å². The Kier molecular flexibility index (Phi) is 15.9. The number of anilines is 6. The van der Waals surface area contributed by atoms with Crippen LogP contribution in [0.25, 0.3) is 101 Å². The molecule has 0 radical (unpaired) electrons. The minimum Gasteiger partial charge on any atom is -0.311 e. The third-order valence-corrected chi connectivity index (χ3v) is 21.6. The van der Waals surface area contributed by atoms with Gasteiger partial charge in [-0.3, -0.25) is 0 Å². The molecule has 2 fully saturated rings. The molecule has 474 valence electrons. The normalized spacial score (nSPS) is 14.3. The zero-order valence-corrected chi connectivity index (χ0v) is 55.7. The van der Waals surface area contributed by atoms with Crippen LogP contribution in [0, 0.1) is 0 Å². The van der Waals surface area contributed by atoms with Crippen LogP contribution in [0.5, 0.6) is 0 Å². The number of nitrogens with zero attached hydrogens (tertiary/aromatic N) is 4. The van der Waals surface area contributed by atoms with Crippen molar-refractivity contribution in [1.29, 1.82) is 0 Å². The van der Waals surface area contributed by atoms with Crippen LogP contribution in [0.15, 0.2) is 322 Å². The van der Waals surface area contributed by atoms with E-state index in [9.17, 15) is 0 Å². The van der Waals surface area contributed by atoms with Gasteiger partial charge in [0.2, 0.25) is 0 Å². The van der Waals surface area contributed by atoms with E-state index < -0.39 is 0 Å². The fourth-order valence-corrected chi connectivity index (χ4v) is 16.6. The summed E-state index contributed by atoms with van der Waals surface area (Å²) in [4.78, 5) is 17.1. The molecule has 0 atom stereocenters. The predicted octanol–water partition coefficient (Wildman–Crippen LogP) is 23.7. The lowest BCUT2D eigenvalue weighted by Crippen LogP contribution is -2.61. The van der Waals surface area contributed by atoms with E-state index in [0.29, 0.717) is 17.7 Å². The number of fused-ring (bicyclic) bond motifs is 4. The van der Waals surface area contributed by atoms with E-state index >= 15 is 0 Å². The Hall–Kier alpha value is -11.4. The quantitative estimate of drug-likeness (QED) is 0.108. The van der Waals surface area contributed by atoms with Crippen molar-refractivity contribution in [3.63, 3.8) is 0 Å². The van der Waals surface area contributed by atoms with Gasteiger partial charge in [0.05, 0.1) is 11.4 Å². The summed E-state index contributed by atoms with van der Waals surface area (Å²) in [6, 6.07) is 120. The molecule has 18 rings (SSSR count). The Morgan fingerprint density at radius 1 is 0.242 bits per heavy atom. The fourth-order valence-electron chi connectivity index (χ4n) is 16.6. The molecule has 5 heteroatoms. The van der Waals surface area contributed by atoms with Gasteiger partial charge in [0, 0.05) is 50.8 Å². The van der Waals surface area contributed by atoms with Crippen molar-refractivity contribution >= 4 is 57.2 Å². The van der Waals surface area contributed by atoms with Crippen LogP contribution in [-0.2, 0) is 0 Å². The number of benzene rings is 13. The number of hydrogen-bond donors (Lipinski definition) is 0. The van der Waals surface area contributed by atoms with Gasteiger partial charge < -0.3 is 9.80 Å². The van der Waals surface area contributed by atoms with Crippen molar-refractivity contribution in [2.24, 2.45) is 0 Å². The summed E-state index contributed by atoms with van der Waals surface area (Å²) in [7, 11) is 0. The molecule has 14 aromatic rings. The van der Waals surface area contributed by atoms with E-state index in [2.05, 4.69) is 331 Å². The van der Waals surface area contributed by atoms with E-state index in [4.69, 9.17) is 9.97 Å². The lowest BCUT2D eigenvalue weighted by atomic mass is 9.33. The van der Waals surface area contributed by atoms with Crippen LogP contribution < -0.4 is 26.2 Å². The third kappa shape index (κ3) is 11.7. The molecule has 0 saturated heterocycles. The highest BCUT2D eigenvalue weighted by molar-refractivity contribution is 7.00. The molecule has 0 spiro atoms. The molecular weight excluding hydrogens is 1200 g/mol. The van der Waals surface area contributed by atoms with Gasteiger partial charge in [0.1, 0.15) is 0 Å². The molecule has 1 aromatic heterocycles. The van der Waals surface area contributed by atoms with Gasteiger partial charge >= 0.3 is 0 Å². The largest absolute Gasteiger partial charge is 0.311 e. The third-order valence-electron chi connectivity index (χ3n) is 21.6. The van der Waals surface area contributed by atoms with Crippen molar-refractivity contribution in [3.05, 3.63) is 333 Å². The summed E-state index contributed by atoms with van der Waals surface area (Å²) < 4.78 is 0. The van der Waals surface area contributed by atoms with E-state index in [1.165, 1.54) is 125 Å². The van der Waals surface area contributed by atoms with E-state index in [-0.39, 0.29) is 6.71 Å². The molecule has 2 aliphatic carbocycles. The molecule has 0 N–H and O–H groups in total. The second-order valence-corrected chi connectivity index (χ2v) is 27.7. The summed E-state index contributed by atoms with van der Waals surface area (Å²) in [5.74, 6) is 1.69. The number of hydrogen-bond acceptors (Lipinski definition) is 4. The topological polar surface area (TPSA) is 32.3 Å². The Morgan fingerprint density at radius 3 is 0.879 bits per heavy atom. The van der Waals surface area contributed by atoms with Crippen molar-refractivity contribution in [2.45, 2.75) is 76.0 Å². The van der Waals surface area contributed by atoms with E-state index in [1.807, 2.05) is 0 Å². The molecule has 2 saturated carbocycles. The summed E-state index contributed by atoms with van der Waals surface area (Å²) in [5.41, 5.74) is 32.3. The van der Waals surface area contributed by atoms with Crippen LogP contribution in [-0.4, -0.2) is 16.7 Å². The molecule has 13 aromatic carbocycles. The smallest absolute Gasteiger partial charge is 0.252 e. The minimum atomic E-state index is -0.0714. The Balaban J connectivity index is 0.927. The molecule has 4 nitrogen and oxygen atoms in total. The number of aromatic nitrogens is 2. The highest BCUT2D eigenvalue weighted by atomic mass is 15.2. The van der Waals surface area contributed by atoms with Gasteiger partial charge in [-0.05, 0) is 223 Å². The van der Waals surface area contributed by atoms with Gasteiger partial charge in [-0.25, -0.2) is 9.97 Å². The maximum atomic E-state index is 5.94. The summed E-state index contributed by atoms with van der Waals surface area (Å²) in [6.45, 7) is -0.0714. The molecule has 0 amide bonds. The van der Waals surface area contributed by atoms with Crippen molar-refractivity contribution < 1.29 is 0 Å². The average Bonchev–Trinajstić information content (AvgIpc) is 0.695. The monoisotopic (exact) mass is 1270 g/mol. The summed E-state index contributed by atoms with van der Waals surface area (Å²) in [5, 5.41) is 0. The second kappa shape index (κ2) is 26.2. The molecule has 0 unspecified atom stereocenters. The van der Waals surface area contributed by atoms with Crippen LogP contribution >= 0.6 is 0 Å².